The van der Waals surface area contributed by atoms with E-state index in [9.17, 15) is 4.39 Å². The fourth-order valence-electron chi connectivity index (χ4n) is 4.40. The zero-order valence-electron chi connectivity index (χ0n) is 15.9. The number of rotatable bonds is 2. The van der Waals surface area contributed by atoms with Crippen LogP contribution in [0.1, 0.15) is 11.3 Å². The fraction of sp³-hybridized carbons (Fsp3) is 0.318. The molecule has 148 valence electrons. The first-order valence-electron chi connectivity index (χ1n) is 10.0. The molecule has 7 heteroatoms. The molecule has 0 amide bonds. The lowest BCUT2D eigenvalue weighted by molar-refractivity contribution is 0.120. The molecule has 6 nitrogen and oxygen atoms in total. The Kier molecular flexibility index (Phi) is 3.77. The number of hydrogen-bond acceptors (Lipinski definition) is 5. The molecule has 29 heavy (non-hydrogen) atoms. The molecule has 1 fully saturated rings. The summed E-state index contributed by atoms with van der Waals surface area (Å²) in [5.41, 5.74) is 6.13. The highest BCUT2D eigenvalue weighted by Gasteiger charge is 2.22. The van der Waals surface area contributed by atoms with Gasteiger partial charge in [-0.25, -0.2) is 4.39 Å². The maximum absolute atomic E-state index is 13.6. The summed E-state index contributed by atoms with van der Waals surface area (Å²) < 4.78 is 24.9. The van der Waals surface area contributed by atoms with Crippen LogP contribution in [0.25, 0.3) is 22.0 Å². The number of nitrogens with one attached hydrogen (secondary N) is 1. The molecule has 0 unspecified atom stereocenters. The number of oxazole rings is 1. The monoisotopic (exact) mass is 392 g/mol. The third kappa shape index (κ3) is 2.84. The molecule has 0 radical (unpaired) electrons. The Bertz CT molecular complexity index is 1210. The van der Waals surface area contributed by atoms with E-state index in [2.05, 4.69) is 26.9 Å². The van der Waals surface area contributed by atoms with Crippen LogP contribution in [0.15, 0.2) is 40.8 Å². The first kappa shape index (κ1) is 16.9. The Morgan fingerprint density at radius 3 is 2.79 bits per heavy atom. The lowest BCUT2D eigenvalue weighted by Crippen LogP contribution is -2.36. The minimum Gasteiger partial charge on any atom is -0.423 e. The Balaban J connectivity index is 1.32. The fourth-order valence-corrected chi connectivity index (χ4v) is 4.40. The molecule has 0 aliphatic carbocycles. The van der Waals surface area contributed by atoms with Gasteiger partial charge in [-0.1, -0.05) is 0 Å². The van der Waals surface area contributed by atoms with Gasteiger partial charge < -0.3 is 23.9 Å². The molecule has 2 aromatic heterocycles. The third-order valence-corrected chi connectivity index (χ3v) is 5.94. The number of aromatic amines is 1. The van der Waals surface area contributed by atoms with Crippen LogP contribution in [0, 0.1) is 5.82 Å². The lowest BCUT2D eigenvalue weighted by atomic mass is 10.0. The second-order valence-electron chi connectivity index (χ2n) is 7.69. The van der Waals surface area contributed by atoms with E-state index in [1.54, 1.807) is 6.07 Å². The van der Waals surface area contributed by atoms with E-state index in [1.165, 1.54) is 17.3 Å². The van der Waals surface area contributed by atoms with Crippen LogP contribution in [-0.2, 0) is 17.7 Å². The van der Waals surface area contributed by atoms with Gasteiger partial charge in [0.05, 0.1) is 13.2 Å². The summed E-state index contributed by atoms with van der Waals surface area (Å²) >= 11 is 0. The lowest BCUT2D eigenvalue weighted by Gasteiger charge is -2.29. The third-order valence-electron chi connectivity index (χ3n) is 5.94. The van der Waals surface area contributed by atoms with Crippen LogP contribution < -0.4 is 9.80 Å². The maximum atomic E-state index is 13.6. The van der Waals surface area contributed by atoms with E-state index in [1.807, 2.05) is 12.1 Å². The van der Waals surface area contributed by atoms with E-state index in [-0.39, 0.29) is 5.82 Å². The van der Waals surface area contributed by atoms with Crippen molar-refractivity contribution < 1.29 is 13.5 Å². The number of hydrogen-bond donors (Lipinski definition) is 1. The normalized spacial score (nSPS) is 17.3. The second kappa shape index (κ2) is 6.49. The van der Waals surface area contributed by atoms with Crippen molar-refractivity contribution in [2.24, 2.45) is 0 Å². The largest absolute Gasteiger partial charge is 0.423 e. The van der Waals surface area contributed by atoms with Crippen molar-refractivity contribution in [3.8, 4) is 0 Å². The van der Waals surface area contributed by atoms with Crippen molar-refractivity contribution in [2.75, 3.05) is 42.6 Å². The molecule has 0 bridgehead atoms. The molecule has 1 saturated heterocycles. The van der Waals surface area contributed by atoms with E-state index in [0.717, 1.165) is 60.3 Å². The SMILES string of the molecule is Fc1ccc2c3c([nH]c2c1)CCN(c1ccc2oc(N4CCOCC4)nc2c1)C3. The molecule has 0 saturated carbocycles. The quantitative estimate of drug-likeness (QED) is 0.562. The van der Waals surface area contributed by atoms with Crippen molar-refractivity contribution >= 4 is 33.7 Å². The van der Waals surface area contributed by atoms with Gasteiger partial charge in [-0.05, 0) is 36.4 Å². The van der Waals surface area contributed by atoms with Crippen molar-refractivity contribution in [1.82, 2.24) is 9.97 Å². The standard InChI is InChI=1S/C22H21FN4O2/c23-14-1-3-16-17-13-27(6-5-18(17)24-19(16)11-14)15-2-4-21-20(12-15)25-22(29-21)26-7-9-28-10-8-26/h1-4,11-12,24H,5-10,13H2. The van der Waals surface area contributed by atoms with E-state index in [0.29, 0.717) is 19.2 Å². The van der Waals surface area contributed by atoms with Gasteiger partial charge in [0.15, 0.2) is 5.58 Å². The second-order valence-corrected chi connectivity index (χ2v) is 7.69. The number of benzene rings is 2. The van der Waals surface area contributed by atoms with Gasteiger partial charge in [0.25, 0.3) is 6.01 Å². The average molecular weight is 392 g/mol. The Labute approximate surface area is 166 Å². The molecule has 1 N–H and O–H groups in total. The van der Waals surface area contributed by atoms with Gasteiger partial charge >= 0.3 is 0 Å². The predicted molar refractivity (Wildman–Crippen MR) is 110 cm³/mol. The molecule has 2 aliphatic rings. The van der Waals surface area contributed by atoms with Crippen molar-refractivity contribution in [3.05, 3.63) is 53.5 Å². The molecule has 4 heterocycles. The zero-order chi connectivity index (χ0) is 19.4. The highest BCUT2D eigenvalue weighted by Crippen LogP contribution is 2.32. The van der Waals surface area contributed by atoms with Crippen LogP contribution in [0.4, 0.5) is 16.1 Å². The van der Waals surface area contributed by atoms with Crippen molar-refractivity contribution in [2.45, 2.75) is 13.0 Å². The molecule has 0 spiro atoms. The summed E-state index contributed by atoms with van der Waals surface area (Å²) in [4.78, 5) is 12.6. The van der Waals surface area contributed by atoms with Gasteiger partial charge in [-0.2, -0.15) is 4.98 Å². The summed E-state index contributed by atoms with van der Waals surface area (Å²) in [5, 5.41) is 1.10. The van der Waals surface area contributed by atoms with Gasteiger partial charge in [0.1, 0.15) is 11.3 Å². The highest BCUT2D eigenvalue weighted by molar-refractivity contribution is 5.86. The number of halogens is 1. The number of aromatic nitrogens is 2. The maximum Gasteiger partial charge on any atom is 0.298 e. The molecule has 2 aromatic carbocycles. The molecule has 6 rings (SSSR count). The summed E-state index contributed by atoms with van der Waals surface area (Å²) in [6.45, 7) is 4.71. The van der Waals surface area contributed by atoms with Gasteiger partial charge in [-0.15, -0.1) is 0 Å². The Morgan fingerprint density at radius 1 is 1.00 bits per heavy atom. The molecular weight excluding hydrogens is 371 g/mol. The summed E-state index contributed by atoms with van der Waals surface area (Å²) in [7, 11) is 0. The van der Waals surface area contributed by atoms with Crippen LogP contribution in [0.5, 0.6) is 0 Å². The van der Waals surface area contributed by atoms with Gasteiger partial charge in [-0.3, -0.25) is 0 Å². The first-order chi connectivity index (χ1) is 14.2. The Morgan fingerprint density at radius 2 is 1.90 bits per heavy atom. The molecular formula is C22H21FN4O2. The minimum atomic E-state index is -0.208. The van der Waals surface area contributed by atoms with Crippen LogP contribution >= 0.6 is 0 Å². The van der Waals surface area contributed by atoms with Gasteiger partial charge in [0.2, 0.25) is 0 Å². The number of fused-ring (bicyclic) bond motifs is 4. The van der Waals surface area contributed by atoms with Gasteiger partial charge in [0, 0.05) is 60.4 Å². The van der Waals surface area contributed by atoms with E-state index in [4.69, 9.17) is 14.1 Å². The van der Waals surface area contributed by atoms with Crippen molar-refractivity contribution in [3.63, 3.8) is 0 Å². The summed E-state index contributed by atoms with van der Waals surface area (Å²) in [6, 6.07) is 11.8. The average Bonchev–Trinajstić information content (AvgIpc) is 3.34. The number of anilines is 2. The minimum absolute atomic E-state index is 0.208. The topological polar surface area (TPSA) is 57.5 Å². The number of ether oxygens (including phenoxy) is 1. The van der Waals surface area contributed by atoms with Crippen molar-refractivity contribution in [1.29, 1.82) is 0 Å². The highest BCUT2D eigenvalue weighted by atomic mass is 19.1. The first-order valence-corrected chi connectivity index (χ1v) is 10.0. The number of morpholine rings is 1. The van der Waals surface area contributed by atoms with Crippen LogP contribution in [0.2, 0.25) is 0 Å². The van der Waals surface area contributed by atoms with E-state index < -0.39 is 0 Å². The summed E-state index contributed by atoms with van der Waals surface area (Å²) in [6.07, 6.45) is 0.904. The molecule has 2 aliphatic heterocycles. The predicted octanol–water partition coefficient (Wildman–Crippen LogP) is 3.85. The molecule has 4 aromatic rings. The van der Waals surface area contributed by atoms with Crippen LogP contribution in [-0.4, -0.2) is 42.8 Å². The smallest absolute Gasteiger partial charge is 0.298 e. The summed E-state index contributed by atoms with van der Waals surface area (Å²) in [5.74, 6) is -0.208. The zero-order valence-corrected chi connectivity index (χ0v) is 15.9. The Hall–Kier alpha value is -3.06. The number of H-pyrrole nitrogens is 1. The number of nitrogens with zero attached hydrogens (tertiary/aromatic N) is 3. The van der Waals surface area contributed by atoms with E-state index >= 15 is 0 Å². The molecule has 0 atom stereocenters. The van der Waals surface area contributed by atoms with Crippen LogP contribution in [0.3, 0.4) is 0 Å².